The molecule has 0 spiro atoms. The fourth-order valence-corrected chi connectivity index (χ4v) is 3.16. The predicted molar refractivity (Wildman–Crippen MR) is 92.3 cm³/mol. The van der Waals surface area contributed by atoms with Crippen LogP contribution in [0, 0.1) is 11.3 Å². The number of hydrogen-bond donors (Lipinski definition) is 1. The zero-order valence-corrected chi connectivity index (χ0v) is 13.4. The van der Waals surface area contributed by atoms with E-state index in [1.807, 2.05) is 42.6 Å². The van der Waals surface area contributed by atoms with Gasteiger partial charge in [-0.2, -0.15) is 5.26 Å². The van der Waals surface area contributed by atoms with Crippen LogP contribution in [0.25, 0.3) is 22.4 Å². The molecule has 0 saturated carbocycles. The van der Waals surface area contributed by atoms with E-state index in [2.05, 4.69) is 21.3 Å². The third-order valence-corrected chi connectivity index (χ3v) is 4.56. The lowest BCUT2D eigenvalue weighted by Crippen LogP contribution is -1.81. The molecule has 5 nitrogen and oxygen atoms in total. The van der Waals surface area contributed by atoms with E-state index in [0.29, 0.717) is 22.4 Å². The van der Waals surface area contributed by atoms with Crippen molar-refractivity contribution in [2.75, 3.05) is 0 Å². The first-order valence-corrected chi connectivity index (χ1v) is 8.34. The Morgan fingerprint density at radius 1 is 1.08 bits per heavy atom. The highest BCUT2D eigenvalue weighted by atomic mass is 32.2. The molecule has 0 saturated heterocycles. The van der Waals surface area contributed by atoms with Crippen molar-refractivity contribution in [3.05, 3.63) is 65.9 Å². The number of aromatic amines is 1. The largest absolute Gasteiger partial charge is 0.411 e. The normalized spacial score (nSPS) is 10.8. The van der Waals surface area contributed by atoms with E-state index in [-0.39, 0.29) is 0 Å². The number of thioether (sulfide) groups is 1. The van der Waals surface area contributed by atoms with Gasteiger partial charge in [0, 0.05) is 22.9 Å². The number of nitriles is 1. The van der Waals surface area contributed by atoms with Gasteiger partial charge in [-0.05, 0) is 23.8 Å². The number of aromatic nitrogens is 3. The van der Waals surface area contributed by atoms with E-state index >= 15 is 0 Å². The van der Waals surface area contributed by atoms with Crippen molar-refractivity contribution >= 4 is 22.7 Å². The Bertz CT molecular complexity index is 1030. The van der Waals surface area contributed by atoms with Crippen molar-refractivity contribution in [1.82, 2.24) is 15.2 Å². The fourth-order valence-electron chi connectivity index (χ4n) is 2.45. The zero-order chi connectivity index (χ0) is 16.4. The molecule has 0 unspecified atom stereocenters. The summed E-state index contributed by atoms with van der Waals surface area (Å²) in [7, 11) is 0. The van der Waals surface area contributed by atoms with Gasteiger partial charge in [-0.25, -0.2) is 0 Å². The van der Waals surface area contributed by atoms with E-state index in [1.54, 1.807) is 12.1 Å². The molecule has 0 amide bonds. The van der Waals surface area contributed by atoms with E-state index in [1.165, 1.54) is 11.8 Å². The van der Waals surface area contributed by atoms with Crippen LogP contribution in [0.4, 0.5) is 0 Å². The van der Waals surface area contributed by atoms with Gasteiger partial charge in [-0.15, -0.1) is 10.2 Å². The minimum absolute atomic E-state index is 0.509. The minimum Gasteiger partial charge on any atom is -0.411 e. The molecule has 2 aromatic carbocycles. The number of hydrogen-bond acceptors (Lipinski definition) is 5. The van der Waals surface area contributed by atoms with Crippen molar-refractivity contribution in [3.8, 4) is 17.5 Å². The molecule has 0 fully saturated rings. The Hall–Kier alpha value is -3.04. The van der Waals surface area contributed by atoms with Gasteiger partial charge >= 0.3 is 0 Å². The molecule has 4 rings (SSSR count). The average molecular weight is 332 g/mol. The van der Waals surface area contributed by atoms with Gasteiger partial charge < -0.3 is 9.40 Å². The molecular formula is C18H12N4OS. The van der Waals surface area contributed by atoms with Gasteiger partial charge in [-0.3, -0.25) is 0 Å². The van der Waals surface area contributed by atoms with Crippen LogP contribution in [0.5, 0.6) is 0 Å². The lowest BCUT2D eigenvalue weighted by Gasteiger charge is -1.98. The molecule has 4 aromatic rings. The van der Waals surface area contributed by atoms with Crippen LogP contribution in [0.15, 0.2) is 64.4 Å². The van der Waals surface area contributed by atoms with Crippen LogP contribution in [0.3, 0.4) is 0 Å². The van der Waals surface area contributed by atoms with E-state index in [4.69, 9.17) is 9.68 Å². The Labute approximate surface area is 142 Å². The minimum atomic E-state index is 0.509. The lowest BCUT2D eigenvalue weighted by atomic mass is 10.2. The van der Waals surface area contributed by atoms with Gasteiger partial charge in [0.2, 0.25) is 0 Å². The Kier molecular flexibility index (Phi) is 3.77. The molecule has 0 radical (unpaired) electrons. The summed E-state index contributed by atoms with van der Waals surface area (Å²) >= 11 is 1.48. The summed E-state index contributed by atoms with van der Waals surface area (Å²) < 4.78 is 5.77. The monoisotopic (exact) mass is 332 g/mol. The third-order valence-electron chi connectivity index (χ3n) is 3.67. The van der Waals surface area contributed by atoms with Crippen LogP contribution in [-0.2, 0) is 5.75 Å². The summed E-state index contributed by atoms with van der Waals surface area (Å²) in [5, 5.41) is 18.7. The van der Waals surface area contributed by atoms with E-state index < -0.39 is 0 Å². The first-order valence-electron chi connectivity index (χ1n) is 7.35. The van der Waals surface area contributed by atoms with Gasteiger partial charge in [0.15, 0.2) is 0 Å². The second kappa shape index (κ2) is 6.22. The maximum absolute atomic E-state index is 8.81. The fraction of sp³-hybridized carbons (Fsp3) is 0.0556. The lowest BCUT2D eigenvalue weighted by molar-refractivity contribution is 0.466. The van der Waals surface area contributed by atoms with Crippen molar-refractivity contribution in [1.29, 1.82) is 5.26 Å². The van der Waals surface area contributed by atoms with Gasteiger partial charge in [0.25, 0.3) is 11.1 Å². The molecule has 0 aliphatic heterocycles. The van der Waals surface area contributed by atoms with Gasteiger partial charge in [-0.1, -0.05) is 42.1 Å². The van der Waals surface area contributed by atoms with Crippen molar-refractivity contribution < 1.29 is 4.42 Å². The molecule has 116 valence electrons. The highest BCUT2D eigenvalue weighted by Crippen LogP contribution is 2.30. The van der Waals surface area contributed by atoms with Gasteiger partial charge in [0.05, 0.1) is 17.2 Å². The summed E-state index contributed by atoms with van der Waals surface area (Å²) in [6, 6.07) is 17.6. The molecule has 24 heavy (non-hydrogen) atoms. The number of fused-ring (bicyclic) bond motifs is 1. The first kappa shape index (κ1) is 14.5. The zero-order valence-electron chi connectivity index (χ0n) is 12.6. The van der Waals surface area contributed by atoms with Crippen LogP contribution in [0.1, 0.15) is 11.1 Å². The van der Waals surface area contributed by atoms with Crippen LogP contribution < -0.4 is 0 Å². The first-order chi connectivity index (χ1) is 11.8. The molecule has 1 N–H and O–H groups in total. The number of para-hydroxylation sites is 1. The average Bonchev–Trinajstić information content (AvgIpc) is 3.27. The summed E-state index contributed by atoms with van der Waals surface area (Å²) in [5.74, 6) is 1.22. The molecule has 6 heteroatoms. The Morgan fingerprint density at radius 3 is 2.75 bits per heavy atom. The smallest absolute Gasteiger partial charge is 0.277 e. The summed E-state index contributed by atoms with van der Waals surface area (Å²) in [6.45, 7) is 0. The Balaban J connectivity index is 1.51. The summed E-state index contributed by atoms with van der Waals surface area (Å²) in [5.41, 5.74) is 3.70. The maximum Gasteiger partial charge on any atom is 0.277 e. The standard InChI is InChI=1S/C18H12N4OS/c19-9-12-5-7-13(8-6-12)11-24-18-22-21-17(23-18)15-10-20-16-4-2-1-3-14(15)16/h1-8,10,20H,11H2. The van der Waals surface area contributed by atoms with Crippen LogP contribution >= 0.6 is 11.8 Å². The predicted octanol–water partition coefficient (Wildman–Crippen LogP) is 4.38. The molecule has 2 heterocycles. The van der Waals surface area contributed by atoms with Crippen molar-refractivity contribution in [3.63, 3.8) is 0 Å². The number of benzene rings is 2. The quantitative estimate of drug-likeness (QED) is 0.561. The van der Waals surface area contributed by atoms with Gasteiger partial charge in [0.1, 0.15) is 0 Å². The van der Waals surface area contributed by atoms with E-state index in [9.17, 15) is 0 Å². The highest BCUT2D eigenvalue weighted by molar-refractivity contribution is 7.98. The topological polar surface area (TPSA) is 78.5 Å². The maximum atomic E-state index is 8.81. The molecule has 0 aliphatic rings. The second-order valence-electron chi connectivity index (χ2n) is 5.22. The molecule has 2 aromatic heterocycles. The number of H-pyrrole nitrogens is 1. The molecule has 0 atom stereocenters. The molecule has 0 bridgehead atoms. The highest BCUT2D eigenvalue weighted by Gasteiger charge is 2.13. The van der Waals surface area contributed by atoms with E-state index in [0.717, 1.165) is 22.0 Å². The summed E-state index contributed by atoms with van der Waals surface area (Å²) in [4.78, 5) is 3.20. The third kappa shape index (κ3) is 2.77. The summed E-state index contributed by atoms with van der Waals surface area (Å²) in [6.07, 6.45) is 1.88. The molecular weight excluding hydrogens is 320 g/mol. The van der Waals surface area contributed by atoms with Crippen molar-refractivity contribution in [2.45, 2.75) is 11.0 Å². The Morgan fingerprint density at radius 2 is 1.92 bits per heavy atom. The molecule has 0 aliphatic carbocycles. The van der Waals surface area contributed by atoms with Crippen LogP contribution in [0.2, 0.25) is 0 Å². The number of nitrogens with zero attached hydrogens (tertiary/aromatic N) is 3. The SMILES string of the molecule is N#Cc1ccc(CSc2nnc(-c3c[nH]c4ccccc34)o2)cc1. The second-order valence-corrected chi connectivity index (χ2v) is 6.15. The van der Waals surface area contributed by atoms with Crippen molar-refractivity contribution in [2.24, 2.45) is 0 Å². The van der Waals surface area contributed by atoms with Crippen LogP contribution in [-0.4, -0.2) is 15.2 Å². The number of nitrogens with one attached hydrogen (secondary N) is 1. The number of rotatable bonds is 4.